The first kappa shape index (κ1) is 16.6. The van der Waals surface area contributed by atoms with Gasteiger partial charge in [0.15, 0.2) is 0 Å². The third-order valence-electron chi connectivity index (χ3n) is 3.50. The van der Waals surface area contributed by atoms with Gasteiger partial charge in [-0.2, -0.15) is 13.2 Å². The number of benzene rings is 1. The molecule has 0 saturated carbocycles. The van der Waals surface area contributed by atoms with Crippen LogP contribution in [0.2, 0.25) is 0 Å². The van der Waals surface area contributed by atoms with Gasteiger partial charge in [0.25, 0.3) is 5.69 Å². The van der Waals surface area contributed by atoms with Crippen molar-refractivity contribution < 1.29 is 22.5 Å². The molecule has 9 heteroatoms. The van der Waals surface area contributed by atoms with Gasteiger partial charge in [-0.1, -0.05) is 0 Å². The minimum Gasteiger partial charge on any atom is -0.296 e. The molecule has 1 aromatic carbocycles. The van der Waals surface area contributed by atoms with Gasteiger partial charge in [-0.05, 0) is 12.1 Å². The van der Waals surface area contributed by atoms with Crippen molar-refractivity contribution in [3.05, 3.63) is 39.7 Å². The van der Waals surface area contributed by atoms with Gasteiger partial charge in [-0.25, -0.2) is 4.39 Å². The Morgan fingerprint density at radius 3 is 2.27 bits per heavy atom. The third kappa shape index (κ3) is 4.63. The Balaban J connectivity index is 1.96. The van der Waals surface area contributed by atoms with Crippen LogP contribution in [0.1, 0.15) is 5.56 Å². The molecule has 122 valence electrons. The zero-order chi connectivity index (χ0) is 16.3. The van der Waals surface area contributed by atoms with Crippen molar-refractivity contribution >= 4 is 5.69 Å². The monoisotopic (exact) mass is 321 g/mol. The lowest BCUT2D eigenvalue weighted by atomic mass is 10.1. The highest BCUT2D eigenvalue weighted by atomic mass is 19.4. The predicted molar refractivity (Wildman–Crippen MR) is 70.8 cm³/mol. The van der Waals surface area contributed by atoms with Gasteiger partial charge in [0.2, 0.25) is 0 Å². The summed E-state index contributed by atoms with van der Waals surface area (Å²) < 4.78 is 50.1. The largest absolute Gasteiger partial charge is 0.401 e. The first-order chi connectivity index (χ1) is 10.2. The molecule has 0 unspecified atom stereocenters. The molecule has 0 aromatic heterocycles. The van der Waals surface area contributed by atoms with Crippen LogP contribution < -0.4 is 0 Å². The molecule has 0 radical (unpaired) electrons. The second kappa shape index (κ2) is 6.57. The minimum absolute atomic E-state index is 0.147. The summed E-state index contributed by atoms with van der Waals surface area (Å²) in [6, 6.07) is 3.22. The summed E-state index contributed by atoms with van der Waals surface area (Å²) in [6.45, 7) is 0.341. The van der Waals surface area contributed by atoms with Crippen molar-refractivity contribution in [1.82, 2.24) is 9.80 Å². The van der Waals surface area contributed by atoms with Crippen LogP contribution in [0, 0.1) is 15.9 Å². The number of hydrogen-bond donors (Lipinski definition) is 0. The highest BCUT2D eigenvalue weighted by Crippen LogP contribution is 2.22. The van der Waals surface area contributed by atoms with Gasteiger partial charge in [0, 0.05) is 44.4 Å². The zero-order valence-electron chi connectivity index (χ0n) is 11.6. The van der Waals surface area contributed by atoms with Crippen LogP contribution in [-0.4, -0.2) is 53.6 Å². The van der Waals surface area contributed by atoms with E-state index in [0.29, 0.717) is 13.1 Å². The van der Waals surface area contributed by atoms with E-state index in [-0.39, 0.29) is 30.9 Å². The lowest BCUT2D eigenvalue weighted by Gasteiger charge is -2.34. The predicted octanol–water partition coefficient (Wildman–Crippen LogP) is 2.41. The van der Waals surface area contributed by atoms with E-state index >= 15 is 0 Å². The first-order valence-corrected chi connectivity index (χ1v) is 6.69. The van der Waals surface area contributed by atoms with Crippen molar-refractivity contribution in [1.29, 1.82) is 0 Å². The van der Waals surface area contributed by atoms with E-state index in [9.17, 15) is 27.7 Å². The van der Waals surface area contributed by atoms with Crippen LogP contribution in [0.4, 0.5) is 23.2 Å². The Morgan fingerprint density at radius 2 is 1.73 bits per heavy atom. The summed E-state index contributed by atoms with van der Waals surface area (Å²) in [5.41, 5.74) is 0.0494. The number of halogens is 4. The van der Waals surface area contributed by atoms with Crippen molar-refractivity contribution in [2.45, 2.75) is 12.7 Å². The van der Waals surface area contributed by atoms with Gasteiger partial charge in [-0.15, -0.1) is 0 Å². The number of rotatable bonds is 4. The third-order valence-corrected chi connectivity index (χ3v) is 3.50. The fourth-order valence-electron chi connectivity index (χ4n) is 2.46. The molecule has 0 amide bonds. The van der Waals surface area contributed by atoms with Crippen LogP contribution in [0.25, 0.3) is 0 Å². The van der Waals surface area contributed by atoms with Gasteiger partial charge in [-0.3, -0.25) is 19.9 Å². The molecule has 0 bridgehead atoms. The average molecular weight is 321 g/mol. The molecule has 22 heavy (non-hydrogen) atoms. The van der Waals surface area contributed by atoms with Crippen molar-refractivity contribution in [2.75, 3.05) is 32.7 Å². The second-order valence-corrected chi connectivity index (χ2v) is 5.20. The summed E-state index contributed by atoms with van der Waals surface area (Å²) in [4.78, 5) is 13.4. The molecular weight excluding hydrogens is 306 g/mol. The molecule has 1 saturated heterocycles. The Hall–Kier alpha value is -1.74. The van der Waals surface area contributed by atoms with Crippen LogP contribution in [-0.2, 0) is 6.54 Å². The van der Waals surface area contributed by atoms with Gasteiger partial charge < -0.3 is 0 Å². The van der Waals surface area contributed by atoms with Crippen LogP contribution in [0.3, 0.4) is 0 Å². The van der Waals surface area contributed by atoms with E-state index in [1.165, 1.54) is 4.90 Å². The summed E-state index contributed by atoms with van der Waals surface area (Å²) in [7, 11) is 0. The van der Waals surface area contributed by atoms with Crippen molar-refractivity contribution in [3.63, 3.8) is 0 Å². The molecule has 0 spiro atoms. The quantitative estimate of drug-likeness (QED) is 0.485. The summed E-state index contributed by atoms with van der Waals surface area (Å²) in [5, 5.41) is 10.9. The van der Waals surface area contributed by atoms with Gasteiger partial charge >= 0.3 is 6.18 Å². The lowest BCUT2D eigenvalue weighted by molar-refractivity contribution is -0.385. The zero-order valence-corrected chi connectivity index (χ0v) is 11.6. The molecule has 0 atom stereocenters. The van der Waals surface area contributed by atoms with Crippen LogP contribution in [0.15, 0.2) is 18.2 Å². The number of nitro benzene ring substituents is 1. The molecule has 1 heterocycles. The van der Waals surface area contributed by atoms with E-state index in [1.807, 2.05) is 0 Å². The molecule has 1 aliphatic heterocycles. The molecule has 5 nitrogen and oxygen atoms in total. The Labute approximate surface area is 124 Å². The van der Waals surface area contributed by atoms with Crippen LogP contribution >= 0.6 is 0 Å². The van der Waals surface area contributed by atoms with Gasteiger partial charge in [0.05, 0.1) is 11.5 Å². The number of nitro groups is 1. The molecule has 1 aromatic rings. The Bertz CT molecular complexity index is 543. The Kier molecular flexibility index (Phi) is 4.97. The lowest BCUT2D eigenvalue weighted by Crippen LogP contribution is -2.48. The summed E-state index contributed by atoms with van der Waals surface area (Å²) in [5.74, 6) is -0.573. The Morgan fingerprint density at radius 1 is 1.14 bits per heavy atom. The highest BCUT2D eigenvalue weighted by molar-refractivity contribution is 5.40. The van der Waals surface area contributed by atoms with Crippen molar-refractivity contribution in [3.8, 4) is 0 Å². The molecule has 1 fully saturated rings. The standard InChI is InChI=1S/C13H15F4N3O2/c14-11-1-2-12(20(21)22)10(7-11)8-18-3-5-19(6-4-18)9-13(15,16)17/h1-2,7H,3-6,8-9H2. The van der Waals surface area contributed by atoms with E-state index in [2.05, 4.69) is 0 Å². The molecule has 0 N–H and O–H groups in total. The van der Waals surface area contributed by atoms with E-state index in [4.69, 9.17) is 0 Å². The maximum atomic E-state index is 13.2. The highest BCUT2D eigenvalue weighted by Gasteiger charge is 2.32. The minimum atomic E-state index is -4.23. The molecule has 2 rings (SSSR count). The number of nitrogens with zero attached hydrogens (tertiary/aromatic N) is 3. The number of alkyl halides is 3. The number of hydrogen-bond acceptors (Lipinski definition) is 4. The maximum Gasteiger partial charge on any atom is 0.401 e. The molecule has 0 aliphatic carbocycles. The van der Waals surface area contributed by atoms with E-state index in [1.54, 1.807) is 4.90 Å². The number of piperazine rings is 1. The average Bonchev–Trinajstić information content (AvgIpc) is 2.39. The van der Waals surface area contributed by atoms with E-state index in [0.717, 1.165) is 18.2 Å². The normalized spacial score (nSPS) is 17.6. The smallest absolute Gasteiger partial charge is 0.296 e. The SMILES string of the molecule is O=[N+]([O-])c1ccc(F)cc1CN1CCN(CC(F)(F)F)CC1. The first-order valence-electron chi connectivity index (χ1n) is 6.69. The fraction of sp³-hybridized carbons (Fsp3) is 0.538. The fourth-order valence-corrected chi connectivity index (χ4v) is 2.46. The second-order valence-electron chi connectivity index (χ2n) is 5.20. The maximum absolute atomic E-state index is 13.2. The molecular formula is C13H15F4N3O2. The van der Waals surface area contributed by atoms with Crippen molar-refractivity contribution in [2.24, 2.45) is 0 Å². The molecule has 1 aliphatic rings. The summed E-state index contributed by atoms with van der Waals surface area (Å²) >= 11 is 0. The van der Waals surface area contributed by atoms with E-state index < -0.39 is 23.5 Å². The topological polar surface area (TPSA) is 49.6 Å². The van der Waals surface area contributed by atoms with Crippen LogP contribution in [0.5, 0.6) is 0 Å². The van der Waals surface area contributed by atoms with Gasteiger partial charge in [0.1, 0.15) is 5.82 Å². The summed E-state index contributed by atoms with van der Waals surface area (Å²) in [6.07, 6.45) is -4.23.